The third kappa shape index (κ3) is 4.54. The number of hydrogen-bond acceptors (Lipinski definition) is 5. The number of aryl methyl sites for hydroxylation is 2. The maximum atomic E-state index is 12.6. The van der Waals surface area contributed by atoms with Crippen LogP contribution >= 0.6 is 0 Å². The molecule has 1 amide bonds. The molecule has 3 aromatic rings. The van der Waals surface area contributed by atoms with E-state index >= 15 is 0 Å². The predicted molar refractivity (Wildman–Crippen MR) is 109 cm³/mol. The number of benzene rings is 2. The van der Waals surface area contributed by atoms with Crippen molar-refractivity contribution < 1.29 is 14.3 Å². The molecule has 0 unspecified atom stereocenters. The van der Waals surface area contributed by atoms with E-state index in [4.69, 9.17) is 4.74 Å². The van der Waals surface area contributed by atoms with Gasteiger partial charge >= 0.3 is 5.97 Å². The first kappa shape index (κ1) is 19.1. The van der Waals surface area contributed by atoms with Gasteiger partial charge in [-0.1, -0.05) is 12.1 Å². The third-order valence-corrected chi connectivity index (χ3v) is 4.34. The second-order valence-corrected chi connectivity index (χ2v) is 6.41. The number of aromatic nitrogens is 1. The van der Waals surface area contributed by atoms with Gasteiger partial charge in [0.15, 0.2) is 0 Å². The monoisotopic (exact) mass is 375 g/mol. The molecule has 0 fully saturated rings. The molecule has 0 atom stereocenters. The van der Waals surface area contributed by atoms with Crippen molar-refractivity contribution in [2.75, 3.05) is 17.7 Å². The molecule has 28 heavy (non-hydrogen) atoms. The summed E-state index contributed by atoms with van der Waals surface area (Å²) in [7, 11) is 1.31. The highest BCUT2D eigenvalue weighted by atomic mass is 16.5. The number of esters is 1. The SMILES string of the molecule is COC(=O)c1cccc(NC(=O)c2cncc(Nc3ccc(C)c(C)c3)c2)c1. The molecule has 2 aromatic carbocycles. The normalized spacial score (nSPS) is 10.2. The smallest absolute Gasteiger partial charge is 0.337 e. The highest BCUT2D eigenvalue weighted by Gasteiger charge is 2.10. The zero-order valence-electron chi connectivity index (χ0n) is 15.9. The van der Waals surface area contributed by atoms with E-state index in [0.29, 0.717) is 22.5 Å². The Kier molecular flexibility index (Phi) is 5.69. The minimum atomic E-state index is -0.461. The summed E-state index contributed by atoms with van der Waals surface area (Å²) < 4.78 is 4.70. The standard InChI is InChI=1S/C22H21N3O3/c1-14-7-8-19(9-15(14)2)24-20-11-17(12-23-13-20)21(26)25-18-6-4-5-16(10-18)22(27)28-3/h4-13,24H,1-3H3,(H,25,26). The van der Waals surface area contributed by atoms with E-state index in [-0.39, 0.29) is 5.91 Å². The number of rotatable bonds is 5. The summed E-state index contributed by atoms with van der Waals surface area (Å²) in [5.41, 5.74) is 5.29. The van der Waals surface area contributed by atoms with E-state index in [1.807, 2.05) is 25.1 Å². The number of nitrogens with zero attached hydrogens (tertiary/aromatic N) is 1. The lowest BCUT2D eigenvalue weighted by Gasteiger charge is -2.10. The van der Waals surface area contributed by atoms with E-state index in [1.165, 1.54) is 24.4 Å². The van der Waals surface area contributed by atoms with Crippen LogP contribution in [0.4, 0.5) is 17.1 Å². The Bertz CT molecular complexity index is 1030. The second kappa shape index (κ2) is 8.35. The van der Waals surface area contributed by atoms with Crippen molar-refractivity contribution in [2.45, 2.75) is 13.8 Å². The van der Waals surface area contributed by atoms with Crippen molar-refractivity contribution in [2.24, 2.45) is 0 Å². The van der Waals surface area contributed by atoms with Crippen LogP contribution in [-0.2, 0) is 4.74 Å². The molecule has 1 heterocycles. The number of amides is 1. The Balaban J connectivity index is 1.75. The Hall–Kier alpha value is -3.67. The maximum Gasteiger partial charge on any atom is 0.337 e. The van der Waals surface area contributed by atoms with Crippen LogP contribution in [0, 0.1) is 13.8 Å². The molecule has 6 heteroatoms. The molecule has 0 aliphatic carbocycles. The van der Waals surface area contributed by atoms with Gasteiger partial charge in [-0.2, -0.15) is 0 Å². The predicted octanol–water partition coefficient (Wildman–Crippen LogP) is 4.48. The lowest BCUT2D eigenvalue weighted by Crippen LogP contribution is -2.13. The largest absolute Gasteiger partial charge is 0.465 e. The van der Waals surface area contributed by atoms with Crippen molar-refractivity contribution in [3.05, 3.63) is 83.2 Å². The van der Waals surface area contributed by atoms with Crippen molar-refractivity contribution in [3.63, 3.8) is 0 Å². The molecule has 0 bridgehead atoms. The first-order valence-corrected chi connectivity index (χ1v) is 8.75. The highest BCUT2D eigenvalue weighted by molar-refractivity contribution is 6.05. The molecule has 0 spiro atoms. The molecular formula is C22H21N3O3. The van der Waals surface area contributed by atoms with E-state index in [1.54, 1.807) is 36.5 Å². The Morgan fingerprint density at radius 3 is 2.39 bits per heavy atom. The quantitative estimate of drug-likeness (QED) is 0.643. The number of anilines is 3. The minimum Gasteiger partial charge on any atom is -0.465 e. The topological polar surface area (TPSA) is 80.3 Å². The number of hydrogen-bond donors (Lipinski definition) is 2. The molecule has 6 nitrogen and oxygen atoms in total. The zero-order chi connectivity index (χ0) is 20.1. The van der Waals surface area contributed by atoms with Crippen LogP contribution in [0.1, 0.15) is 31.8 Å². The van der Waals surface area contributed by atoms with Gasteiger partial charge in [-0.25, -0.2) is 4.79 Å². The van der Waals surface area contributed by atoms with Gasteiger partial charge in [-0.3, -0.25) is 9.78 Å². The Labute approximate surface area is 163 Å². The minimum absolute atomic E-state index is 0.321. The van der Waals surface area contributed by atoms with E-state index < -0.39 is 5.97 Å². The first-order valence-electron chi connectivity index (χ1n) is 8.75. The molecule has 1 aromatic heterocycles. The fourth-order valence-electron chi connectivity index (χ4n) is 2.66. The van der Waals surface area contributed by atoms with Gasteiger partial charge in [0.05, 0.1) is 30.1 Å². The number of pyridine rings is 1. The van der Waals surface area contributed by atoms with Crippen molar-refractivity contribution in [1.29, 1.82) is 0 Å². The molecule has 0 aliphatic heterocycles. The fourth-order valence-corrected chi connectivity index (χ4v) is 2.66. The van der Waals surface area contributed by atoms with Gasteiger partial charge in [0.2, 0.25) is 0 Å². The molecule has 3 rings (SSSR count). The van der Waals surface area contributed by atoms with Crippen LogP contribution < -0.4 is 10.6 Å². The van der Waals surface area contributed by atoms with Crippen LogP contribution in [0.2, 0.25) is 0 Å². The van der Waals surface area contributed by atoms with Crippen LogP contribution in [-0.4, -0.2) is 24.0 Å². The van der Waals surface area contributed by atoms with E-state index in [0.717, 1.165) is 5.69 Å². The van der Waals surface area contributed by atoms with Crippen LogP contribution in [0.5, 0.6) is 0 Å². The summed E-state index contributed by atoms with van der Waals surface area (Å²) in [5.74, 6) is -0.782. The van der Waals surface area contributed by atoms with Crippen molar-refractivity contribution >= 4 is 28.9 Å². The van der Waals surface area contributed by atoms with Gasteiger partial charge in [-0.15, -0.1) is 0 Å². The highest BCUT2D eigenvalue weighted by Crippen LogP contribution is 2.20. The third-order valence-electron chi connectivity index (χ3n) is 4.34. The first-order chi connectivity index (χ1) is 13.5. The second-order valence-electron chi connectivity index (χ2n) is 6.41. The van der Waals surface area contributed by atoms with Gasteiger partial charge in [0.25, 0.3) is 5.91 Å². The van der Waals surface area contributed by atoms with Crippen molar-refractivity contribution in [1.82, 2.24) is 4.98 Å². The molecule has 0 aliphatic rings. The average molecular weight is 375 g/mol. The summed E-state index contributed by atoms with van der Waals surface area (Å²) in [5, 5.41) is 6.03. The zero-order valence-corrected chi connectivity index (χ0v) is 15.9. The summed E-state index contributed by atoms with van der Waals surface area (Å²) >= 11 is 0. The lowest BCUT2D eigenvalue weighted by molar-refractivity contribution is 0.0600. The fraction of sp³-hybridized carbons (Fsp3) is 0.136. The Morgan fingerprint density at radius 1 is 0.857 bits per heavy atom. The van der Waals surface area contributed by atoms with E-state index in [9.17, 15) is 9.59 Å². The van der Waals surface area contributed by atoms with Gasteiger partial charge in [-0.05, 0) is 61.4 Å². The molecule has 0 saturated carbocycles. The Morgan fingerprint density at radius 2 is 1.64 bits per heavy atom. The van der Waals surface area contributed by atoms with Crippen LogP contribution in [0.15, 0.2) is 60.9 Å². The summed E-state index contributed by atoms with van der Waals surface area (Å²) in [4.78, 5) is 28.3. The van der Waals surface area contributed by atoms with Gasteiger partial charge in [0, 0.05) is 17.6 Å². The molecular weight excluding hydrogens is 354 g/mol. The maximum absolute atomic E-state index is 12.6. The molecule has 0 saturated heterocycles. The number of nitrogens with one attached hydrogen (secondary N) is 2. The molecule has 2 N–H and O–H groups in total. The average Bonchev–Trinajstić information content (AvgIpc) is 2.70. The summed E-state index contributed by atoms with van der Waals surface area (Å²) in [6.07, 6.45) is 3.15. The lowest BCUT2D eigenvalue weighted by atomic mass is 10.1. The summed E-state index contributed by atoms with van der Waals surface area (Å²) in [6.45, 7) is 4.10. The number of methoxy groups -OCH3 is 1. The van der Waals surface area contributed by atoms with Crippen molar-refractivity contribution in [3.8, 4) is 0 Å². The van der Waals surface area contributed by atoms with E-state index in [2.05, 4.69) is 22.5 Å². The number of carbonyl (C=O) groups is 2. The molecule has 0 radical (unpaired) electrons. The molecule has 142 valence electrons. The van der Waals surface area contributed by atoms with Gasteiger partial charge < -0.3 is 15.4 Å². The number of carbonyl (C=O) groups excluding carboxylic acids is 2. The van der Waals surface area contributed by atoms with Crippen LogP contribution in [0.3, 0.4) is 0 Å². The summed E-state index contributed by atoms with van der Waals surface area (Å²) in [6, 6.07) is 14.4. The van der Waals surface area contributed by atoms with Crippen LogP contribution in [0.25, 0.3) is 0 Å². The number of ether oxygens (including phenoxy) is 1. The van der Waals surface area contributed by atoms with Gasteiger partial charge in [0.1, 0.15) is 0 Å².